The van der Waals surface area contributed by atoms with Crippen molar-refractivity contribution in [1.82, 2.24) is 20.0 Å². The van der Waals surface area contributed by atoms with Crippen molar-refractivity contribution < 1.29 is 4.79 Å². The van der Waals surface area contributed by atoms with Crippen molar-refractivity contribution in [2.45, 2.75) is 13.0 Å². The largest absolute Gasteiger partial charge is 0.332 e. The lowest BCUT2D eigenvalue weighted by molar-refractivity contribution is 0.0526. The maximum Gasteiger partial charge on any atom is 0.274 e. The molecule has 3 N–H and O–H groups in total. The van der Waals surface area contributed by atoms with Crippen LogP contribution in [0.4, 0.5) is 5.82 Å². The molecule has 2 heterocycles. The van der Waals surface area contributed by atoms with Crippen LogP contribution < -0.4 is 11.3 Å². The van der Waals surface area contributed by atoms with E-state index in [4.69, 9.17) is 5.84 Å². The van der Waals surface area contributed by atoms with Crippen LogP contribution in [0, 0.1) is 0 Å². The predicted molar refractivity (Wildman–Crippen MR) is 67.8 cm³/mol. The zero-order valence-electron chi connectivity index (χ0n) is 10.6. The lowest BCUT2D eigenvalue weighted by Crippen LogP contribution is -2.52. The zero-order valence-corrected chi connectivity index (χ0v) is 10.6. The van der Waals surface area contributed by atoms with Crippen LogP contribution in [0.5, 0.6) is 0 Å². The van der Waals surface area contributed by atoms with Crippen LogP contribution in [0.2, 0.25) is 0 Å². The zero-order chi connectivity index (χ0) is 13.1. The summed E-state index contributed by atoms with van der Waals surface area (Å²) in [7, 11) is 2.06. The Hall–Kier alpha value is -1.73. The molecule has 7 nitrogen and oxygen atoms in total. The van der Waals surface area contributed by atoms with Crippen LogP contribution in [0.3, 0.4) is 0 Å². The third-order valence-electron chi connectivity index (χ3n) is 3.12. The summed E-state index contributed by atoms with van der Waals surface area (Å²) in [6.07, 6.45) is 0. The summed E-state index contributed by atoms with van der Waals surface area (Å²) in [4.78, 5) is 16.3. The number of carbonyl (C=O) groups excluding carboxylic acids is 1. The number of hydrogen-bond acceptors (Lipinski definition) is 6. The summed E-state index contributed by atoms with van der Waals surface area (Å²) < 4.78 is 0. The van der Waals surface area contributed by atoms with E-state index in [0.29, 0.717) is 11.5 Å². The number of nitrogens with zero attached hydrogens (tertiary/aromatic N) is 4. The molecule has 1 amide bonds. The molecule has 0 saturated carbocycles. The number of hydrogen-bond donors (Lipinski definition) is 2. The van der Waals surface area contributed by atoms with Gasteiger partial charge in [-0.05, 0) is 26.1 Å². The number of likely N-dealkylation sites (N-methyl/N-ethyl adjacent to an activating group) is 1. The van der Waals surface area contributed by atoms with Gasteiger partial charge < -0.3 is 15.2 Å². The smallest absolute Gasteiger partial charge is 0.274 e. The molecule has 1 aromatic heterocycles. The third-order valence-corrected chi connectivity index (χ3v) is 3.12. The number of nitrogen functional groups attached to an aromatic ring is 1. The van der Waals surface area contributed by atoms with Gasteiger partial charge in [-0.2, -0.15) is 0 Å². The molecule has 2 rings (SSSR count). The minimum absolute atomic E-state index is 0.0772. The van der Waals surface area contributed by atoms with E-state index in [-0.39, 0.29) is 11.9 Å². The van der Waals surface area contributed by atoms with E-state index in [9.17, 15) is 4.79 Å². The molecule has 0 aromatic carbocycles. The first kappa shape index (κ1) is 12.7. The van der Waals surface area contributed by atoms with E-state index in [0.717, 1.165) is 19.6 Å². The Morgan fingerprint density at radius 2 is 2.22 bits per heavy atom. The number of piperazine rings is 1. The Labute approximate surface area is 106 Å². The highest BCUT2D eigenvalue weighted by Crippen LogP contribution is 2.12. The van der Waals surface area contributed by atoms with E-state index >= 15 is 0 Å². The first-order chi connectivity index (χ1) is 8.61. The molecule has 0 radical (unpaired) electrons. The molecule has 1 unspecified atom stereocenters. The van der Waals surface area contributed by atoms with Crippen LogP contribution >= 0.6 is 0 Å². The average Bonchev–Trinajstić information content (AvgIpc) is 2.38. The molecule has 1 aliphatic rings. The first-order valence-electron chi connectivity index (χ1n) is 5.91. The molecule has 0 bridgehead atoms. The van der Waals surface area contributed by atoms with E-state index in [1.54, 1.807) is 12.1 Å². The molecule has 1 aromatic rings. The highest BCUT2D eigenvalue weighted by atomic mass is 16.2. The molecule has 1 fully saturated rings. The second-order valence-electron chi connectivity index (χ2n) is 4.56. The number of nitrogens with two attached hydrogens (primary N) is 1. The second kappa shape index (κ2) is 5.28. The summed E-state index contributed by atoms with van der Waals surface area (Å²) in [5.74, 6) is 5.57. The van der Waals surface area contributed by atoms with E-state index < -0.39 is 0 Å². The van der Waals surface area contributed by atoms with Gasteiger partial charge in [0.1, 0.15) is 0 Å². The molecule has 1 saturated heterocycles. The summed E-state index contributed by atoms with van der Waals surface area (Å²) in [5, 5.41) is 7.69. The fourth-order valence-corrected chi connectivity index (χ4v) is 2.11. The summed E-state index contributed by atoms with van der Waals surface area (Å²) in [6, 6.07) is 3.46. The fraction of sp³-hybridized carbons (Fsp3) is 0.545. The van der Waals surface area contributed by atoms with Gasteiger partial charge in [-0.15, -0.1) is 10.2 Å². The van der Waals surface area contributed by atoms with Gasteiger partial charge in [0.05, 0.1) is 0 Å². The SMILES string of the molecule is CC1CN(C)CCN1C(=O)c1ccc(NN)nn1. The Morgan fingerprint density at radius 3 is 2.78 bits per heavy atom. The second-order valence-corrected chi connectivity index (χ2v) is 4.56. The number of aromatic nitrogens is 2. The van der Waals surface area contributed by atoms with Gasteiger partial charge >= 0.3 is 0 Å². The van der Waals surface area contributed by atoms with E-state index in [1.807, 2.05) is 11.8 Å². The van der Waals surface area contributed by atoms with Gasteiger partial charge in [0.2, 0.25) is 0 Å². The number of amides is 1. The van der Waals surface area contributed by atoms with Crippen molar-refractivity contribution in [1.29, 1.82) is 0 Å². The minimum Gasteiger partial charge on any atom is -0.332 e. The topological polar surface area (TPSA) is 87.4 Å². The molecule has 1 aliphatic heterocycles. The summed E-state index contributed by atoms with van der Waals surface area (Å²) >= 11 is 0. The van der Waals surface area contributed by atoms with Crippen molar-refractivity contribution in [3.63, 3.8) is 0 Å². The molecule has 98 valence electrons. The normalized spacial score (nSPS) is 20.8. The molecular weight excluding hydrogens is 232 g/mol. The van der Waals surface area contributed by atoms with Crippen molar-refractivity contribution in [2.75, 3.05) is 32.1 Å². The lowest BCUT2D eigenvalue weighted by atomic mass is 10.2. The third kappa shape index (κ3) is 2.57. The number of anilines is 1. The van der Waals surface area contributed by atoms with E-state index in [2.05, 4.69) is 27.6 Å². The van der Waals surface area contributed by atoms with Crippen LogP contribution in [0.1, 0.15) is 17.4 Å². The van der Waals surface area contributed by atoms with Crippen LogP contribution in [0.15, 0.2) is 12.1 Å². The Kier molecular flexibility index (Phi) is 3.73. The molecule has 18 heavy (non-hydrogen) atoms. The first-order valence-corrected chi connectivity index (χ1v) is 5.91. The maximum atomic E-state index is 12.3. The standard InChI is InChI=1S/C11H18N6O/c1-8-7-16(2)5-6-17(8)11(18)9-3-4-10(13-12)15-14-9/h3-4,8H,5-7,12H2,1-2H3,(H,13,15). The van der Waals surface area contributed by atoms with Crippen molar-refractivity contribution in [3.8, 4) is 0 Å². The maximum absolute atomic E-state index is 12.3. The summed E-state index contributed by atoms with van der Waals surface area (Å²) in [5.41, 5.74) is 2.73. The molecular formula is C11H18N6O. The highest BCUT2D eigenvalue weighted by molar-refractivity contribution is 5.92. The number of nitrogens with one attached hydrogen (secondary N) is 1. The van der Waals surface area contributed by atoms with Crippen LogP contribution in [-0.2, 0) is 0 Å². The van der Waals surface area contributed by atoms with Crippen LogP contribution in [0.25, 0.3) is 0 Å². The highest BCUT2D eigenvalue weighted by Gasteiger charge is 2.27. The molecule has 0 spiro atoms. The van der Waals surface area contributed by atoms with Gasteiger partial charge in [-0.1, -0.05) is 0 Å². The van der Waals surface area contributed by atoms with Crippen LogP contribution in [-0.4, -0.2) is 58.6 Å². The Balaban J connectivity index is 2.10. The van der Waals surface area contributed by atoms with Gasteiger partial charge in [0, 0.05) is 25.7 Å². The Bertz CT molecular complexity index is 420. The lowest BCUT2D eigenvalue weighted by Gasteiger charge is -2.37. The molecule has 0 aliphatic carbocycles. The van der Waals surface area contributed by atoms with Gasteiger partial charge in [0.15, 0.2) is 11.5 Å². The number of rotatable bonds is 2. The number of hydrazine groups is 1. The minimum atomic E-state index is -0.0772. The number of carbonyl (C=O) groups is 1. The van der Waals surface area contributed by atoms with Crippen molar-refractivity contribution in [2.24, 2.45) is 5.84 Å². The van der Waals surface area contributed by atoms with Gasteiger partial charge in [-0.3, -0.25) is 4.79 Å². The van der Waals surface area contributed by atoms with Crippen molar-refractivity contribution in [3.05, 3.63) is 17.8 Å². The fourth-order valence-electron chi connectivity index (χ4n) is 2.11. The van der Waals surface area contributed by atoms with E-state index in [1.165, 1.54) is 0 Å². The summed E-state index contributed by atoms with van der Waals surface area (Å²) in [6.45, 7) is 4.51. The molecule has 1 atom stereocenters. The predicted octanol–water partition coefficient (Wildman–Crippen LogP) is -0.462. The monoisotopic (exact) mass is 250 g/mol. The molecule has 7 heteroatoms. The van der Waals surface area contributed by atoms with Crippen molar-refractivity contribution >= 4 is 11.7 Å². The Morgan fingerprint density at radius 1 is 1.44 bits per heavy atom. The van der Waals surface area contributed by atoms with Gasteiger partial charge in [0.25, 0.3) is 5.91 Å². The average molecular weight is 250 g/mol. The van der Waals surface area contributed by atoms with Gasteiger partial charge in [-0.25, -0.2) is 5.84 Å². The quantitative estimate of drug-likeness (QED) is 0.545.